The molecule has 0 spiro atoms. The van der Waals surface area contributed by atoms with Gasteiger partial charge >= 0.3 is 23.2 Å². The maximum absolute atomic E-state index is 13.4. The smallest absolute Gasteiger partial charge is 0.311 e. The van der Waals surface area contributed by atoms with E-state index in [0.717, 1.165) is 58.8 Å². The highest BCUT2D eigenvalue weighted by Crippen LogP contribution is 2.42. The van der Waals surface area contributed by atoms with Crippen molar-refractivity contribution in [1.29, 1.82) is 0 Å². The van der Waals surface area contributed by atoms with Gasteiger partial charge in [-0.3, -0.25) is 29.3 Å². The van der Waals surface area contributed by atoms with Crippen LogP contribution in [0.25, 0.3) is 16.7 Å². The molecule has 90 heavy (non-hydrogen) atoms. The normalized spacial score (nSPS) is 16.7. The molecule has 6 aromatic carbocycles. The summed E-state index contributed by atoms with van der Waals surface area (Å²) in [6, 6.07) is 50.0. The minimum absolute atomic E-state index is 0.0112. The van der Waals surface area contributed by atoms with Crippen molar-refractivity contribution in [3.63, 3.8) is 0 Å². The average Bonchev–Trinajstić information content (AvgIpc) is 0.891. The van der Waals surface area contributed by atoms with Crippen molar-refractivity contribution < 1.29 is 21.6 Å². The third-order valence-corrected chi connectivity index (χ3v) is 18.2. The van der Waals surface area contributed by atoms with Gasteiger partial charge in [0.25, 0.3) is 16.7 Å². The van der Waals surface area contributed by atoms with Crippen molar-refractivity contribution in [1.82, 2.24) is 29.9 Å². The summed E-state index contributed by atoms with van der Waals surface area (Å²) in [4.78, 5) is 89.5. The summed E-state index contributed by atoms with van der Waals surface area (Å²) >= 11 is 0. The molecule has 12 rings (SSSR count). The zero-order chi connectivity index (χ0) is 63.5. The van der Waals surface area contributed by atoms with Crippen molar-refractivity contribution in [2.24, 2.45) is 0 Å². The summed E-state index contributed by atoms with van der Waals surface area (Å²) in [5.41, 5.74) is 10.0. The Balaban J connectivity index is 0.000000149. The zero-order valence-corrected chi connectivity index (χ0v) is 50.7. The monoisotopic (exact) mass is 1230 g/mol. The number of hydrogen-bond donors (Lipinski definition) is 6. The van der Waals surface area contributed by atoms with Crippen molar-refractivity contribution in [3.8, 4) is 0 Å². The zero-order valence-electron chi connectivity index (χ0n) is 49.8. The Bertz CT molecular complexity index is 4640. The van der Waals surface area contributed by atoms with Gasteiger partial charge in [-0.15, -0.1) is 0 Å². The minimum Gasteiger partial charge on any atom is -0.311 e. The molecule has 0 fully saturated rings. The van der Waals surface area contributed by atoms with Gasteiger partial charge in [-0.25, -0.2) is 22.8 Å². The molecular formula is C72H69F3N6O8S. The molecule has 0 radical (unpaired) electrons. The predicted octanol–water partition coefficient (Wildman–Crippen LogP) is 12.7. The second-order valence-electron chi connectivity index (χ2n) is 23.1. The summed E-state index contributed by atoms with van der Waals surface area (Å²) in [6.45, 7) is 2.13. The lowest BCUT2D eigenvalue weighted by Gasteiger charge is -2.25. The van der Waals surface area contributed by atoms with Crippen LogP contribution in [-0.4, -0.2) is 44.6 Å². The molecule has 6 N–H and O–H groups in total. The highest BCUT2D eigenvalue weighted by atomic mass is 32.2. The van der Waals surface area contributed by atoms with Crippen molar-refractivity contribution >= 4 is 26.6 Å². The SMILES string of the molecule is CS(=O)(=O)c1ccccc1C1=CCC(c2[nH]c(=O)[nH]c(=O)c2Cc2ccccc2)CC1.Cc1ccccc1C1=CCC(c2[nH]c(=O)[nH]c(=O)c2Cc2ccccc2)CC1.O=c1[nH]c(C2CC=C(c3ccccc3C(F)(F)F)CC2)c(Cc2ccccc2)c(=O)[nH]1. The van der Waals surface area contributed by atoms with Crippen molar-refractivity contribution in [2.45, 2.75) is 113 Å². The standard InChI is InChI=1S/C24H21F3N2O2.C24H24N2O4S.C24H24N2O2/c25-24(26,27)20-9-5-4-8-18(20)16-10-12-17(13-11-16)21-19(22(30)29-23(31)28-21)14-15-6-2-1-3-7-15;1-31(29,30)21-10-6-5-9-19(21)17-11-13-18(14-12-17)22-20(23(27)26-24(28)25-22)15-16-7-3-2-4-8-16;1-16-7-5-6-10-20(16)18-11-13-19(14-12-18)22-21(23(27)26-24(28)25-22)15-17-8-3-2-4-9-17/h1-10,17H,11-14H2,(H2,28,29,30,31);2-11,18H,12-15H2,1H3,(H2,25,26,27,28);2-11,19H,12-15H2,1H3,(H2,25,26,27,28). The first-order valence-electron chi connectivity index (χ1n) is 30.0. The molecule has 18 heteroatoms. The fourth-order valence-electron chi connectivity index (χ4n) is 12.6. The molecule has 3 atom stereocenters. The highest BCUT2D eigenvalue weighted by molar-refractivity contribution is 7.90. The number of nitrogens with one attached hydrogen (secondary N) is 6. The quantitative estimate of drug-likeness (QED) is 0.0648. The number of allylic oxidation sites excluding steroid dienone is 6. The minimum atomic E-state index is -4.42. The lowest BCUT2D eigenvalue weighted by Crippen LogP contribution is -2.30. The largest absolute Gasteiger partial charge is 0.416 e. The van der Waals surface area contributed by atoms with Crippen LogP contribution >= 0.6 is 0 Å². The van der Waals surface area contributed by atoms with Crippen LogP contribution in [0.3, 0.4) is 0 Å². The van der Waals surface area contributed by atoms with E-state index in [-0.39, 0.29) is 34.4 Å². The Labute approximate surface area is 517 Å². The van der Waals surface area contributed by atoms with Crippen LogP contribution in [0.2, 0.25) is 0 Å². The lowest BCUT2D eigenvalue weighted by molar-refractivity contribution is -0.137. The summed E-state index contributed by atoms with van der Waals surface area (Å²) in [5, 5.41) is 0. The summed E-state index contributed by atoms with van der Waals surface area (Å²) < 4.78 is 64.5. The molecule has 0 aliphatic heterocycles. The molecule has 3 aromatic heterocycles. The molecule has 3 heterocycles. The van der Waals surface area contributed by atoms with Crippen molar-refractivity contribution in [3.05, 3.63) is 323 Å². The fraction of sp³-hybridized carbons (Fsp3) is 0.250. The molecule has 0 amide bonds. The van der Waals surface area contributed by atoms with Gasteiger partial charge in [0.1, 0.15) is 0 Å². The molecule has 0 bridgehead atoms. The van der Waals surface area contributed by atoms with E-state index >= 15 is 0 Å². The van der Waals surface area contributed by atoms with E-state index in [0.29, 0.717) is 96.3 Å². The van der Waals surface area contributed by atoms with Crippen LogP contribution in [0.5, 0.6) is 0 Å². The van der Waals surface area contributed by atoms with E-state index in [1.54, 1.807) is 24.3 Å². The van der Waals surface area contributed by atoms with Crippen LogP contribution in [-0.2, 0) is 35.3 Å². The van der Waals surface area contributed by atoms with Gasteiger partial charge in [-0.2, -0.15) is 13.2 Å². The Morgan fingerprint density at radius 3 is 1.09 bits per heavy atom. The highest BCUT2D eigenvalue weighted by Gasteiger charge is 2.35. The van der Waals surface area contributed by atoms with Crippen LogP contribution in [0, 0.1) is 6.92 Å². The van der Waals surface area contributed by atoms with Crippen molar-refractivity contribution in [2.75, 3.05) is 6.26 Å². The lowest BCUT2D eigenvalue weighted by atomic mass is 9.82. The maximum Gasteiger partial charge on any atom is 0.416 e. The first-order chi connectivity index (χ1) is 43.3. The number of hydrogen-bond acceptors (Lipinski definition) is 8. The maximum atomic E-state index is 13.4. The van der Waals surface area contributed by atoms with E-state index in [1.807, 2.05) is 109 Å². The number of benzene rings is 6. The van der Waals surface area contributed by atoms with Gasteiger partial charge in [0.2, 0.25) is 0 Å². The van der Waals surface area contributed by atoms with Gasteiger partial charge in [0.15, 0.2) is 9.84 Å². The topological polar surface area (TPSA) is 231 Å². The van der Waals surface area contributed by atoms with Gasteiger partial charge in [-0.1, -0.05) is 170 Å². The third kappa shape index (κ3) is 15.6. The van der Waals surface area contributed by atoms with Crippen LogP contribution in [0.1, 0.15) is 154 Å². The Morgan fingerprint density at radius 2 is 0.733 bits per heavy atom. The number of halogens is 3. The van der Waals surface area contributed by atoms with Crippen LogP contribution in [0.15, 0.2) is 216 Å². The van der Waals surface area contributed by atoms with E-state index in [1.165, 1.54) is 35.1 Å². The van der Waals surface area contributed by atoms with E-state index in [2.05, 4.69) is 67.2 Å². The van der Waals surface area contributed by atoms with Gasteiger partial charge in [0, 0.05) is 77.0 Å². The number of rotatable bonds is 13. The second kappa shape index (κ2) is 28.2. The number of sulfone groups is 1. The first kappa shape index (κ1) is 63.3. The van der Waals surface area contributed by atoms with Crippen LogP contribution < -0.4 is 33.7 Å². The number of aromatic amines is 6. The Morgan fingerprint density at radius 1 is 0.411 bits per heavy atom. The van der Waals surface area contributed by atoms with Gasteiger partial charge in [-0.05, 0) is 133 Å². The molecule has 0 saturated heterocycles. The van der Waals surface area contributed by atoms with E-state index < -0.39 is 44.2 Å². The first-order valence-corrected chi connectivity index (χ1v) is 31.9. The Kier molecular flexibility index (Phi) is 19.9. The van der Waals surface area contributed by atoms with E-state index in [4.69, 9.17) is 0 Å². The Hall–Kier alpha value is -9.68. The number of aryl methyl sites for hydroxylation is 1. The number of aromatic nitrogens is 6. The third-order valence-electron chi connectivity index (χ3n) is 17.1. The predicted molar refractivity (Wildman–Crippen MR) is 347 cm³/mol. The second-order valence-corrected chi connectivity index (χ2v) is 25.1. The summed E-state index contributed by atoms with van der Waals surface area (Å²) in [5.74, 6) is -0.000139. The molecule has 462 valence electrons. The summed E-state index contributed by atoms with van der Waals surface area (Å²) in [7, 11) is -3.33. The summed E-state index contributed by atoms with van der Waals surface area (Å²) in [6.07, 6.45) is 10.3. The van der Waals surface area contributed by atoms with Crippen LogP contribution in [0.4, 0.5) is 13.2 Å². The van der Waals surface area contributed by atoms with E-state index in [9.17, 15) is 50.4 Å². The molecule has 3 aliphatic carbocycles. The molecule has 3 aliphatic rings. The number of alkyl halides is 3. The van der Waals surface area contributed by atoms with Gasteiger partial charge < -0.3 is 15.0 Å². The molecule has 9 aromatic rings. The van der Waals surface area contributed by atoms with Gasteiger partial charge in [0.05, 0.1) is 10.5 Å². The molecular weight excluding hydrogens is 1170 g/mol. The fourth-order valence-corrected chi connectivity index (χ4v) is 13.5. The molecule has 14 nitrogen and oxygen atoms in total. The molecule has 3 unspecified atom stereocenters. The molecule has 0 saturated carbocycles. The number of H-pyrrole nitrogens is 6. The average molecular weight is 1240 g/mol.